The van der Waals surface area contributed by atoms with E-state index in [9.17, 15) is 9.90 Å². The summed E-state index contributed by atoms with van der Waals surface area (Å²) in [5.41, 5.74) is -0.0702. The number of halogens is 1. The Morgan fingerprint density at radius 1 is 1.38 bits per heavy atom. The molecular formula is C11H14BrNO3. The summed E-state index contributed by atoms with van der Waals surface area (Å²) in [5, 5.41) is 11.8. The molecule has 0 bridgehead atoms. The summed E-state index contributed by atoms with van der Waals surface area (Å²) >= 11 is 3.21. The van der Waals surface area contributed by atoms with Crippen molar-refractivity contribution in [3.05, 3.63) is 22.7 Å². The first-order chi connectivity index (χ1) is 7.26. The van der Waals surface area contributed by atoms with E-state index < -0.39 is 11.7 Å². The summed E-state index contributed by atoms with van der Waals surface area (Å²) in [6, 6.07) is 4.64. The molecule has 0 aliphatic rings. The fourth-order valence-electron chi connectivity index (χ4n) is 1.07. The van der Waals surface area contributed by atoms with Crippen LogP contribution in [0.1, 0.15) is 20.8 Å². The zero-order valence-electron chi connectivity index (χ0n) is 9.37. The molecule has 2 N–H and O–H groups in total. The molecule has 4 nitrogen and oxygen atoms in total. The summed E-state index contributed by atoms with van der Waals surface area (Å²) in [5.74, 6) is 0.0698. The Labute approximate surface area is 103 Å². The highest BCUT2D eigenvalue weighted by Crippen LogP contribution is 2.24. The third-order valence-corrected chi connectivity index (χ3v) is 1.99. The molecule has 0 unspecified atom stereocenters. The number of anilines is 1. The van der Waals surface area contributed by atoms with E-state index in [2.05, 4.69) is 21.2 Å². The van der Waals surface area contributed by atoms with Crippen molar-refractivity contribution >= 4 is 27.7 Å². The van der Waals surface area contributed by atoms with Crippen LogP contribution in [0.3, 0.4) is 0 Å². The highest BCUT2D eigenvalue weighted by atomic mass is 79.9. The van der Waals surface area contributed by atoms with Gasteiger partial charge >= 0.3 is 6.09 Å². The standard InChI is InChI=1S/C11H14BrNO3/c1-11(2,3)16-10(15)13-8-4-7(12)5-9(14)6-8/h4-6,14H,1-3H3,(H,13,15). The molecule has 0 spiro atoms. The summed E-state index contributed by atoms with van der Waals surface area (Å²) in [7, 11) is 0. The first-order valence-corrected chi connectivity index (χ1v) is 5.55. The molecule has 0 aliphatic carbocycles. The third kappa shape index (κ3) is 4.53. The number of phenolic OH excluding ortho intramolecular Hbond substituents is 1. The van der Waals surface area contributed by atoms with Gasteiger partial charge in [-0.1, -0.05) is 15.9 Å². The maximum atomic E-state index is 11.4. The van der Waals surface area contributed by atoms with Gasteiger partial charge in [0.1, 0.15) is 11.4 Å². The number of aromatic hydroxyl groups is 1. The largest absolute Gasteiger partial charge is 0.508 e. The normalized spacial score (nSPS) is 11.0. The van der Waals surface area contributed by atoms with Crippen molar-refractivity contribution in [3.8, 4) is 5.75 Å². The van der Waals surface area contributed by atoms with Gasteiger partial charge in [0.25, 0.3) is 0 Å². The van der Waals surface area contributed by atoms with Crippen molar-refractivity contribution < 1.29 is 14.6 Å². The maximum Gasteiger partial charge on any atom is 0.412 e. The Balaban J connectivity index is 2.70. The van der Waals surface area contributed by atoms with Gasteiger partial charge in [-0.05, 0) is 32.9 Å². The fraction of sp³-hybridized carbons (Fsp3) is 0.364. The number of benzene rings is 1. The van der Waals surface area contributed by atoms with Crippen molar-refractivity contribution in [1.82, 2.24) is 0 Å². The minimum absolute atomic E-state index is 0.0698. The molecule has 0 fully saturated rings. The first-order valence-electron chi connectivity index (χ1n) is 4.76. The van der Waals surface area contributed by atoms with Crippen LogP contribution in [0, 0.1) is 0 Å². The van der Waals surface area contributed by atoms with Crippen LogP contribution < -0.4 is 5.32 Å². The van der Waals surface area contributed by atoms with Crippen LogP contribution in [0.25, 0.3) is 0 Å². The molecule has 1 aromatic rings. The molecule has 0 saturated carbocycles. The van der Waals surface area contributed by atoms with Crippen LogP contribution in [0.5, 0.6) is 5.75 Å². The molecule has 16 heavy (non-hydrogen) atoms. The van der Waals surface area contributed by atoms with E-state index in [-0.39, 0.29) is 5.75 Å². The van der Waals surface area contributed by atoms with Crippen molar-refractivity contribution in [2.45, 2.75) is 26.4 Å². The van der Waals surface area contributed by atoms with E-state index in [1.54, 1.807) is 26.8 Å². The molecule has 88 valence electrons. The van der Waals surface area contributed by atoms with Gasteiger partial charge in [0.2, 0.25) is 0 Å². The molecule has 5 heteroatoms. The van der Waals surface area contributed by atoms with E-state index in [1.165, 1.54) is 12.1 Å². The number of carbonyl (C=O) groups is 1. The van der Waals surface area contributed by atoms with Crippen molar-refractivity contribution in [2.24, 2.45) is 0 Å². The average molecular weight is 288 g/mol. The van der Waals surface area contributed by atoms with Crippen LogP contribution in [-0.2, 0) is 4.74 Å². The quantitative estimate of drug-likeness (QED) is 0.831. The predicted molar refractivity (Wildman–Crippen MR) is 65.7 cm³/mol. The second-order valence-corrected chi connectivity index (χ2v) is 5.24. The maximum absolute atomic E-state index is 11.4. The first kappa shape index (κ1) is 12.8. The van der Waals surface area contributed by atoms with Crippen LogP contribution >= 0.6 is 15.9 Å². The van der Waals surface area contributed by atoms with Crippen molar-refractivity contribution in [2.75, 3.05) is 5.32 Å². The Morgan fingerprint density at radius 3 is 2.50 bits per heavy atom. The lowest BCUT2D eigenvalue weighted by Crippen LogP contribution is -2.27. The minimum Gasteiger partial charge on any atom is -0.508 e. The summed E-state index contributed by atoms with van der Waals surface area (Å²) in [4.78, 5) is 11.4. The Hall–Kier alpha value is -1.23. The summed E-state index contributed by atoms with van der Waals surface area (Å²) in [6.07, 6.45) is -0.551. The minimum atomic E-state index is -0.551. The van der Waals surface area contributed by atoms with E-state index in [4.69, 9.17) is 4.74 Å². The lowest BCUT2D eigenvalue weighted by molar-refractivity contribution is 0.0636. The van der Waals surface area contributed by atoms with Crippen molar-refractivity contribution in [3.63, 3.8) is 0 Å². The van der Waals surface area contributed by atoms with Gasteiger partial charge in [-0.2, -0.15) is 0 Å². The number of carbonyl (C=O) groups excluding carboxylic acids is 1. The van der Waals surface area contributed by atoms with Crippen LogP contribution in [-0.4, -0.2) is 16.8 Å². The number of ether oxygens (including phenoxy) is 1. The second kappa shape index (κ2) is 4.74. The molecule has 0 atom stereocenters. The van der Waals surface area contributed by atoms with E-state index in [0.717, 1.165) is 0 Å². The van der Waals surface area contributed by atoms with Gasteiger partial charge in [-0.15, -0.1) is 0 Å². The zero-order chi connectivity index (χ0) is 12.3. The van der Waals surface area contributed by atoms with Gasteiger partial charge in [0.15, 0.2) is 0 Å². The Morgan fingerprint density at radius 2 is 2.00 bits per heavy atom. The summed E-state index contributed by atoms with van der Waals surface area (Å²) in [6.45, 7) is 5.35. The lowest BCUT2D eigenvalue weighted by atomic mass is 10.2. The molecule has 1 rings (SSSR count). The van der Waals surface area contributed by atoms with Gasteiger partial charge in [0.05, 0.1) is 0 Å². The van der Waals surface area contributed by atoms with Gasteiger partial charge in [0, 0.05) is 16.2 Å². The van der Waals surface area contributed by atoms with E-state index in [0.29, 0.717) is 10.2 Å². The lowest BCUT2D eigenvalue weighted by Gasteiger charge is -2.19. The number of phenols is 1. The second-order valence-electron chi connectivity index (χ2n) is 4.32. The number of nitrogens with one attached hydrogen (secondary N) is 1. The number of amides is 1. The average Bonchev–Trinajstić information content (AvgIpc) is 1.96. The molecule has 1 aromatic carbocycles. The van der Waals surface area contributed by atoms with Crippen LogP contribution in [0.2, 0.25) is 0 Å². The topological polar surface area (TPSA) is 58.6 Å². The molecule has 0 aromatic heterocycles. The van der Waals surface area contributed by atoms with Crippen molar-refractivity contribution in [1.29, 1.82) is 0 Å². The monoisotopic (exact) mass is 287 g/mol. The molecule has 0 saturated heterocycles. The molecular weight excluding hydrogens is 274 g/mol. The van der Waals surface area contributed by atoms with E-state index in [1.807, 2.05) is 0 Å². The smallest absolute Gasteiger partial charge is 0.412 e. The predicted octanol–water partition coefficient (Wildman–Crippen LogP) is 3.50. The number of hydrogen-bond donors (Lipinski definition) is 2. The van der Waals surface area contributed by atoms with Crippen LogP contribution in [0.15, 0.2) is 22.7 Å². The molecule has 0 aliphatic heterocycles. The Bertz CT molecular complexity index is 378. The molecule has 1 amide bonds. The van der Waals surface area contributed by atoms with Gasteiger partial charge < -0.3 is 9.84 Å². The third-order valence-electron chi connectivity index (χ3n) is 1.53. The highest BCUT2D eigenvalue weighted by molar-refractivity contribution is 9.10. The van der Waals surface area contributed by atoms with Gasteiger partial charge in [-0.3, -0.25) is 5.32 Å². The SMILES string of the molecule is CC(C)(C)OC(=O)Nc1cc(O)cc(Br)c1. The summed E-state index contributed by atoms with van der Waals surface area (Å²) < 4.78 is 5.75. The molecule has 0 heterocycles. The highest BCUT2D eigenvalue weighted by Gasteiger charge is 2.16. The fourth-order valence-corrected chi connectivity index (χ4v) is 1.55. The van der Waals surface area contributed by atoms with Gasteiger partial charge in [-0.25, -0.2) is 4.79 Å². The number of rotatable bonds is 1. The number of hydrogen-bond acceptors (Lipinski definition) is 3. The zero-order valence-corrected chi connectivity index (χ0v) is 11.0. The Kier molecular flexibility index (Phi) is 3.80. The van der Waals surface area contributed by atoms with E-state index >= 15 is 0 Å². The molecule has 0 radical (unpaired) electrons. The van der Waals surface area contributed by atoms with Crippen LogP contribution in [0.4, 0.5) is 10.5 Å².